The summed E-state index contributed by atoms with van der Waals surface area (Å²) in [5.74, 6) is 0.0176. The lowest BCUT2D eigenvalue weighted by Gasteiger charge is -2.13. The van der Waals surface area contributed by atoms with Crippen LogP contribution in [0.2, 0.25) is 0 Å². The summed E-state index contributed by atoms with van der Waals surface area (Å²) in [4.78, 5) is 26.8. The number of pyridine rings is 1. The van der Waals surface area contributed by atoms with Crippen LogP contribution < -0.4 is 0 Å². The summed E-state index contributed by atoms with van der Waals surface area (Å²) in [7, 11) is 0. The number of hydrogen-bond acceptors (Lipinski definition) is 3. The minimum atomic E-state index is -0.197. The fourth-order valence-electron chi connectivity index (χ4n) is 1.80. The van der Waals surface area contributed by atoms with E-state index in [-0.39, 0.29) is 17.5 Å². The van der Waals surface area contributed by atoms with Gasteiger partial charge in [0.2, 0.25) is 0 Å². The molecule has 0 aliphatic carbocycles. The molecule has 0 saturated heterocycles. The van der Waals surface area contributed by atoms with Crippen LogP contribution in [0.1, 0.15) is 50.8 Å². The van der Waals surface area contributed by atoms with E-state index in [4.69, 9.17) is 0 Å². The molecule has 92 valence electrons. The zero-order valence-corrected chi connectivity index (χ0v) is 10.7. The van der Waals surface area contributed by atoms with Crippen molar-refractivity contribution < 1.29 is 9.59 Å². The Balaban J connectivity index is 2.81. The van der Waals surface area contributed by atoms with Gasteiger partial charge in [0.1, 0.15) is 11.6 Å². The van der Waals surface area contributed by atoms with Crippen LogP contribution in [0.15, 0.2) is 18.3 Å². The fraction of sp³-hybridized carbons (Fsp3) is 0.500. The predicted octanol–water partition coefficient (Wildman–Crippen LogP) is 2.69. The second-order valence-corrected chi connectivity index (χ2v) is 4.34. The number of rotatable bonds is 6. The van der Waals surface area contributed by atoms with Crippen molar-refractivity contribution in [3.63, 3.8) is 0 Å². The van der Waals surface area contributed by atoms with E-state index in [1.807, 2.05) is 19.1 Å². The van der Waals surface area contributed by atoms with Crippen LogP contribution in [0.4, 0.5) is 0 Å². The second-order valence-electron chi connectivity index (χ2n) is 4.34. The summed E-state index contributed by atoms with van der Waals surface area (Å²) < 4.78 is 0. The van der Waals surface area contributed by atoms with Gasteiger partial charge in [-0.25, -0.2) is 0 Å². The van der Waals surface area contributed by atoms with Gasteiger partial charge < -0.3 is 4.79 Å². The van der Waals surface area contributed by atoms with E-state index in [1.165, 1.54) is 0 Å². The second kappa shape index (κ2) is 6.28. The van der Waals surface area contributed by atoms with E-state index in [1.54, 1.807) is 20.0 Å². The highest BCUT2D eigenvalue weighted by molar-refractivity contribution is 5.84. The largest absolute Gasteiger partial charge is 0.300 e. The van der Waals surface area contributed by atoms with Gasteiger partial charge in [0.15, 0.2) is 0 Å². The van der Waals surface area contributed by atoms with E-state index in [2.05, 4.69) is 4.98 Å². The van der Waals surface area contributed by atoms with Crippen LogP contribution in [-0.2, 0) is 16.0 Å². The van der Waals surface area contributed by atoms with Crippen molar-refractivity contribution in [1.29, 1.82) is 0 Å². The van der Waals surface area contributed by atoms with Crippen LogP contribution in [0, 0.1) is 0 Å². The zero-order chi connectivity index (χ0) is 12.8. The average molecular weight is 233 g/mol. The number of carbonyl (C=O) groups excluding carboxylic acids is 2. The van der Waals surface area contributed by atoms with Crippen molar-refractivity contribution in [1.82, 2.24) is 4.98 Å². The SMILES string of the molecule is CCc1ccc(C(CCC(C)=O)C(C)=O)cn1. The number of Topliss-reactive ketones (excluding diaryl/α,β-unsaturated/α-hetero) is 2. The van der Waals surface area contributed by atoms with Crippen molar-refractivity contribution in [3.8, 4) is 0 Å². The van der Waals surface area contributed by atoms with Gasteiger partial charge in [-0.3, -0.25) is 9.78 Å². The van der Waals surface area contributed by atoms with Crippen LogP contribution in [0.3, 0.4) is 0 Å². The Kier molecular flexibility index (Phi) is 5.01. The maximum Gasteiger partial charge on any atom is 0.137 e. The number of aromatic nitrogens is 1. The maximum absolute atomic E-state index is 11.6. The lowest BCUT2D eigenvalue weighted by atomic mass is 9.91. The third-order valence-corrected chi connectivity index (χ3v) is 2.89. The molecule has 0 aliphatic rings. The minimum Gasteiger partial charge on any atom is -0.300 e. The smallest absolute Gasteiger partial charge is 0.137 e. The van der Waals surface area contributed by atoms with Crippen molar-refractivity contribution in [3.05, 3.63) is 29.6 Å². The Morgan fingerprint density at radius 2 is 2.00 bits per heavy atom. The highest BCUT2D eigenvalue weighted by Gasteiger charge is 2.17. The summed E-state index contributed by atoms with van der Waals surface area (Å²) in [5, 5.41) is 0. The van der Waals surface area contributed by atoms with Crippen LogP contribution in [0.5, 0.6) is 0 Å². The summed E-state index contributed by atoms with van der Waals surface area (Å²) >= 11 is 0. The number of aryl methyl sites for hydroxylation is 1. The van der Waals surface area contributed by atoms with E-state index < -0.39 is 0 Å². The number of hydrogen-bond donors (Lipinski definition) is 0. The molecule has 0 N–H and O–H groups in total. The molecular formula is C14H19NO2. The number of carbonyl (C=O) groups is 2. The van der Waals surface area contributed by atoms with Gasteiger partial charge in [-0.05, 0) is 38.3 Å². The monoisotopic (exact) mass is 233 g/mol. The molecule has 1 atom stereocenters. The van der Waals surface area contributed by atoms with Gasteiger partial charge in [0, 0.05) is 24.2 Å². The van der Waals surface area contributed by atoms with Gasteiger partial charge in [-0.2, -0.15) is 0 Å². The average Bonchev–Trinajstić information content (AvgIpc) is 2.29. The van der Waals surface area contributed by atoms with Crippen molar-refractivity contribution >= 4 is 11.6 Å². The zero-order valence-electron chi connectivity index (χ0n) is 10.7. The lowest BCUT2D eigenvalue weighted by molar-refractivity contribution is -0.119. The molecule has 0 radical (unpaired) electrons. The lowest BCUT2D eigenvalue weighted by Crippen LogP contribution is -2.11. The maximum atomic E-state index is 11.6. The highest BCUT2D eigenvalue weighted by atomic mass is 16.1. The summed E-state index contributed by atoms with van der Waals surface area (Å²) in [6, 6.07) is 3.89. The predicted molar refractivity (Wildman–Crippen MR) is 67.0 cm³/mol. The molecule has 1 rings (SSSR count). The van der Waals surface area contributed by atoms with E-state index in [0.717, 1.165) is 17.7 Å². The first-order valence-electron chi connectivity index (χ1n) is 5.99. The van der Waals surface area contributed by atoms with Crippen LogP contribution in [-0.4, -0.2) is 16.6 Å². The van der Waals surface area contributed by atoms with Crippen molar-refractivity contribution in [2.75, 3.05) is 0 Å². The normalized spacial score (nSPS) is 12.2. The molecule has 0 spiro atoms. The van der Waals surface area contributed by atoms with Gasteiger partial charge in [-0.15, -0.1) is 0 Å². The Bertz CT molecular complexity index is 395. The first-order valence-corrected chi connectivity index (χ1v) is 5.99. The molecule has 17 heavy (non-hydrogen) atoms. The van der Waals surface area contributed by atoms with E-state index in [9.17, 15) is 9.59 Å². The van der Waals surface area contributed by atoms with Crippen molar-refractivity contribution in [2.45, 2.75) is 46.0 Å². The Morgan fingerprint density at radius 3 is 2.41 bits per heavy atom. The van der Waals surface area contributed by atoms with Crippen LogP contribution in [0.25, 0.3) is 0 Å². The quantitative estimate of drug-likeness (QED) is 0.759. The molecule has 1 aromatic heterocycles. The molecule has 1 unspecified atom stereocenters. The van der Waals surface area contributed by atoms with E-state index in [0.29, 0.717) is 12.8 Å². The Morgan fingerprint density at radius 1 is 1.29 bits per heavy atom. The number of nitrogens with zero attached hydrogens (tertiary/aromatic N) is 1. The molecule has 0 fully saturated rings. The molecular weight excluding hydrogens is 214 g/mol. The minimum absolute atomic E-state index is 0.0947. The molecule has 0 aliphatic heterocycles. The van der Waals surface area contributed by atoms with Crippen molar-refractivity contribution in [2.24, 2.45) is 0 Å². The third-order valence-electron chi connectivity index (χ3n) is 2.89. The molecule has 1 aromatic rings. The molecule has 0 bridgehead atoms. The topological polar surface area (TPSA) is 47.0 Å². The summed E-state index contributed by atoms with van der Waals surface area (Å²) in [5.41, 5.74) is 1.93. The molecule has 3 heteroatoms. The molecule has 0 aromatic carbocycles. The van der Waals surface area contributed by atoms with Gasteiger partial charge in [0.05, 0.1) is 0 Å². The Labute approximate surface area is 102 Å². The van der Waals surface area contributed by atoms with Gasteiger partial charge in [-0.1, -0.05) is 13.0 Å². The summed E-state index contributed by atoms with van der Waals surface area (Å²) in [6.07, 6.45) is 3.67. The molecule has 3 nitrogen and oxygen atoms in total. The number of ketones is 2. The van der Waals surface area contributed by atoms with Gasteiger partial charge >= 0.3 is 0 Å². The summed E-state index contributed by atoms with van der Waals surface area (Å²) in [6.45, 7) is 5.16. The highest BCUT2D eigenvalue weighted by Crippen LogP contribution is 2.22. The first-order chi connectivity index (χ1) is 8.04. The van der Waals surface area contributed by atoms with Crippen LogP contribution >= 0.6 is 0 Å². The first kappa shape index (κ1) is 13.6. The van der Waals surface area contributed by atoms with Gasteiger partial charge in [0.25, 0.3) is 0 Å². The third kappa shape index (κ3) is 4.10. The van der Waals surface area contributed by atoms with E-state index >= 15 is 0 Å². The molecule has 1 heterocycles. The molecule has 0 saturated carbocycles. The standard InChI is InChI=1S/C14H19NO2/c1-4-13-7-6-12(9-15-13)14(11(3)17)8-5-10(2)16/h6-7,9,14H,4-5,8H2,1-3H3. The fourth-order valence-corrected chi connectivity index (χ4v) is 1.80. The Hall–Kier alpha value is -1.51. The molecule has 0 amide bonds.